The van der Waals surface area contributed by atoms with Crippen molar-refractivity contribution in [2.24, 2.45) is 0 Å². The number of benzene rings is 1. The second kappa shape index (κ2) is 5.65. The van der Waals surface area contributed by atoms with Crippen molar-refractivity contribution in [3.63, 3.8) is 0 Å². The highest BCUT2D eigenvalue weighted by Gasteiger charge is 2.15. The molecule has 0 aliphatic rings. The van der Waals surface area contributed by atoms with Gasteiger partial charge in [0.15, 0.2) is 0 Å². The maximum atomic E-state index is 12.0. The Labute approximate surface area is 111 Å². The van der Waals surface area contributed by atoms with E-state index in [9.17, 15) is 4.79 Å². The number of nitrogens with one attached hydrogen (secondary N) is 1. The lowest BCUT2D eigenvalue weighted by Gasteiger charge is -2.11. The zero-order chi connectivity index (χ0) is 13.0. The molecule has 1 amide bonds. The van der Waals surface area contributed by atoms with Crippen molar-refractivity contribution in [2.45, 2.75) is 12.8 Å². The lowest BCUT2D eigenvalue weighted by molar-refractivity contribution is -0.117. The first-order chi connectivity index (χ1) is 8.66. The quantitative estimate of drug-likeness (QED) is 0.859. The van der Waals surface area contributed by atoms with Crippen molar-refractivity contribution in [3.8, 4) is 0 Å². The fourth-order valence-corrected chi connectivity index (χ4v) is 1.77. The summed E-state index contributed by atoms with van der Waals surface area (Å²) in [6.07, 6.45) is 0. The minimum atomic E-state index is -0.230. The van der Waals surface area contributed by atoms with Crippen molar-refractivity contribution in [1.82, 2.24) is 4.98 Å². The number of aromatic nitrogens is 1. The van der Waals surface area contributed by atoms with Crippen LogP contribution in [-0.4, -0.2) is 10.9 Å². The summed E-state index contributed by atoms with van der Waals surface area (Å²) in [6.45, 7) is 1.86. The maximum absolute atomic E-state index is 12.0. The lowest BCUT2D eigenvalue weighted by Crippen LogP contribution is -2.19. The number of anilines is 1. The number of pyridine rings is 1. The molecule has 2 rings (SSSR count). The summed E-state index contributed by atoms with van der Waals surface area (Å²) in [5, 5.41) is 3.11. The Hall–Kier alpha value is -1.87. The molecule has 1 unspecified atom stereocenters. The number of rotatable bonds is 3. The molecule has 1 aromatic heterocycles. The van der Waals surface area contributed by atoms with Gasteiger partial charge < -0.3 is 5.32 Å². The Morgan fingerprint density at radius 2 is 1.89 bits per heavy atom. The second-order valence-electron chi connectivity index (χ2n) is 3.97. The van der Waals surface area contributed by atoms with Crippen LogP contribution in [-0.2, 0) is 4.79 Å². The van der Waals surface area contributed by atoms with Crippen molar-refractivity contribution in [3.05, 3.63) is 59.2 Å². The summed E-state index contributed by atoms with van der Waals surface area (Å²) in [4.78, 5) is 16.1. The zero-order valence-electron chi connectivity index (χ0n) is 9.93. The number of carbonyl (C=O) groups excluding carboxylic acids is 1. The summed E-state index contributed by atoms with van der Waals surface area (Å²) in [5.41, 5.74) is 0.969. The summed E-state index contributed by atoms with van der Waals surface area (Å²) in [7, 11) is 0. The van der Waals surface area contributed by atoms with Gasteiger partial charge >= 0.3 is 0 Å². The highest BCUT2D eigenvalue weighted by atomic mass is 35.5. The molecule has 18 heavy (non-hydrogen) atoms. The summed E-state index contributed by atoms with van der Waals surface area (Å²) < 4.78 is 0. The van der Waals surface area contributed by atoms with E-state index in [-0.39, 0.29) is 11.8 Å². The maximum Gasteiger partial charge on any atom is 0.232 e. The number of carbonyl (C=O) groups is 1. The van der Waals surface area contributed by atoms with Gasteiger partial charge in [-0.2, -0.15) is 0 Å². The van der Waals surface area contributed by atoms with Gasteiger partial charge in [0.05, 0.1) is 5.92 Å². The van der Waals surface area contributed by atoms with Crippen molar-refractivity contribution in [1.29, 1.82) is 0 Å². The molecule has 3 nitrogen and oxygen atoms in total. The first-order valence-electron chi connectivity index (χ1n) is 5.65. The summed E-state index contributed by atoms with van der Waals surface area (Å²) in [6, 6.07) is 14.7. The monoisotopic (exact) mass is 260 g/mol. The van der Waals surface area contributed by atoms with E-state index < -0.39 is 0 Å². The van der Waals surface area contributed by atoms with Crippen LogP contribution in [0.3, 0.4) is 0 Å². The minimum absolute atomic E-state index is 0.101. The predicted molar refractivity (Wildman–Crippen MR) is 72.7 cm³/mol. The van der Waals surface area contributed by atoms with Crippen LogP contribution in [0.5, 0.6) is 0 Å². The Bertz CT molecular complexity index is 543. The van der Waals surface area contributed by atoms with Crippen molar-refractivity contribution >= 4 is 23.3 Å². The number of hydrogen-bond acceptors (Lipinski definition) is 2. The van der Waals surface area contributed by atoms with Gasteiger partial charge in [-0.1, -0.05) is 48.0 Å². The van der Waals surface area contributed by atoms with Gasteiger partial charge in [-0.05, 0) is 24.6 Å². The van der Waals surface area contributed by atoms with Gasteiger partial charge in [0, 0.05) is 0 Å². The largest absolute Gasteiger partial charge is 0.310 e. The van der Waals surface area contributed by atoms with Crippen LogP contribution in [0, 0.1) is 0 Å². The van der Waals surface area contributed by atoms with Crippen LogP contribution < -0.4 is 5.32 Å². The fourth-order valence-electron chi connectivity index (χ4n) is 1.61. The predicted octanol–water partition coefficient (Wildman–Crippen LogP) is 3.48. The van der Waals surface area contributed by atoms with Gasteiger partial charge in [-0.25, -0.2) is 4.98 Å². The van der Waals surface area contributed by atoms with Gasteiger partial charge in [0.25, 0.3) is 0 Å². The Morgan fingerprint density at radius 3 is 2.56 bits per heavy atom. The molecule has 0 saturated heterocycles. The van der Waals surface area contributed by atoms with E-state index in [4.69, 9.17) is 11.6 Å². The Kier molecular flexibility index (Phi) is 3.95. The van der Waals surface area contributed by atoms with Crippen LogP contribution >= 0.6 is 11.6 Å². The number of hydrogen-bond donors (Lipinski definition) is 1. The third kappa shape index (κ3) is 3.08. The van der Waals surface area contributed by atoms with Crippen molar-refractivity contribution < 1.29 is 4.79 Å². The molecule has 1 N–H and O–H groups in total. The third-order valence-electron chi connectivity index (χ3n) is 2.66. The number of amides is 1. The highest BCUT2D eigenvalue weighted by Crippen LogP contribution is 2.17. The molecule has 1 heterocycles. The highest BCUT2D eigenvalue weighted by molar-refractivity contribution is 6.29. The van der Waals surface area contributed by atoms with E-state index in [1.807, 2.05) is 37.3 Å². The molecule has 1 atom stereocenters. The van der Waals surface area contributed by atoms with Gasteiger partial charge in [-0.3, -0.25) is 4.79 Å². The normalized spacial score (nSPS) is 11.9. The first-order valence-corrected chi connectivity index (χ1v) is 6.03. The molecule has 0 aliphatic carbocycles. The lowest BCUT2D eigenvalue weighted by atomic mass is 10.0. The van der Waals surface area contributed by atoms with E-state index in [2.05, 4.69) is 10.3 Å². The standard InChI is InChI=1S/C14H13ClN2O/c1-10(11-6-3-2-4-7-11)14(18)17-13-9-5-8-12(15)16-13/h2-10H,1H3,(H,16,17,18). The molecule has 0 aliphatic heterocycles. The van der Waals surface area contributed by atoms with Gasteiger partial charge in [0.1, 0.15) is 11.0 Å². The average Bonchev–Trinajstić information content (AvgIpc) is 2.39. The molecule has 1 aromatic carbocycles. The van der Waals surface area contributed by atoms with Crippen LogP contribution in [0.25, 0.3) is 0 Å². The molecule has 0 spiro atoms. The van der Waals surface area contributed by atoms with Gasteiger partial charge in [-0.15, -0.1) is 0 Å². The van der Waals surface area contributed by atoms with E-state index in [0.717, 1.165) is 5.56 Å². The SMILES string of the molecule is CC(C(=O)Nc1cccc(Cl)n1)c1ccccc1. The van der Waals surface area contributed by atoms with Crippen LogP contribution in [0.2, 0.25) is 5.15 Å². The molecule has 0 radical (unpaired) electrons. The molecule has 0 saturated carbocycles. The van der Waals surface area contributed by atoms with Crippen LogP contribution in [0.4, 0.5) is 5.82 Å². The first kappa shape index (κ1) is 12.6. The molecule has 2 aromatic rings. The van der Waals surface area contributed by atoms with E-state index in [1.54, 1.807) is 18.2 Å². The fraction of sp³-hybridized carbons (Fsp3) is 0.143. The molecule has 92 valence electrons. The van der Waals surface area contributed by atoms with E-state index in [0.29, 0.717) is 11.0 Å². The van der Waals surface area contributed by atoms with Crippen LogP contribution in [0.1, 0.15) is 18.4 Å². The Balaban J connectivity index is 2.09. The molecular formula is C14H13ClN2O. The molecule has 0 fully saturated rings. The van der Waals surface area contributed by atoms with E-state index >= 15 is 0 Å². The second-order valence-corrected chi connectivity index (χ2v) is 4.35. The van der Waals surface area contributed by atoms with Crippen LogP contribution in [0.15, 0.2) is 48.5 Å². The number of nitrogens with zero attached hydrogens (tertiary/aromatic N) is 1. The third-order valence-corrected chi connectivity index (χ3v) is 2.87. The number of halogens is 1. The Morgan fingerprint density at radius 1 is 1.17 bits per heavy atom. The zero-order valence-corrected chi connectivity index (χ0v) is 10.7. The topological polar surface area (TPSA) is 42.0 Å². The molecule has 4 heteroatoms. The summed E-state index contributed by atoms with van der Waals surface area (Å²) >= 11 is 5.76. The smallest absolute Gasteiger partial charge is 0.232 e. The molecule has 0 bridgehead atoms. The molecular weight excluding hydrogens is 248 g/mol. The van der Waals surface area contributed by atoms with E-state index in [1.165, 1.54) is 0 Å². The van der Waals surface area contributed by atoms with Gasteiger partial charge in [0.2, 0.25) is 5.91 Å². The summed E-state index contributed by atoms with van der Waals surface area (Å²) in [5.74, 6) is 0.137. The minimum Gasteiger partial charge on any atom is -0.310 e. The van der Waals surface area contributed by atoms with Crippen molar-refractivity contribution in [2.75, 3.05) is 5.32 Å². The average molecular weight is 261 g/mol.